The summed E-state index contributed by atoms with van der Waals surface area (Å²) in [6.45, 7) is 0. The minimum absolute atomic E-state index is 1.05. The molecule has 1 aromatic rings. The van der Waals surface area contributed by atoms with Crippen molar-refractivity contribution in [1.29, 1.82) is 0 Å². The lowest BCUT2D eigenvalue weighted by Gasteiger charge is -2.07. The summed E-state index contributed by atoms with van der Waals surface area (Å²) in [6.07, 6.45) is 5.72. The van der Waals surface area contributed by atoms with Crippen LogP contribution in [0, 0.1) is 0 Å². The molecular weight excluding hydrogens is 144 g/mol. The third-order valence-corrected chi connectivity index (χ3v) is 2.08. The number of aromatic nitrogens is 1. The molecule has 3 heteroatoms. The van der Waals surface area contributed by atoms with Crippen LogP contribution in [0.1, 0.15) is 5.56 Å². The maximum Gasteiger partial charge on any atom is 0.124 e. The van der Waals surface area contributed by atoms with Crippen LogP contribution < -0.4 is 4.72 Å². The smallest absolute Gasteiger partial charge is 0.124 e. The molecule has 0 amide bonds. The van der Waals surface area contributed by atoms with Crippen molar-refractivity contribution in [2.75, 3.05) is 0 Å². The first-order valence-corrected chi connectivity index (χ1v) is 3.82. The lowest BCUT2D eigenvalue weighted by Crippen LogP contribution is -1.98. The molecule has 2 heterocycles. The molecule has 0 aromatic carbocycles. The van der Waals surface area contributed by atoms with E-state index in [1.165, 1.54) is 5.56 Å². The quantitative estimate of drug-likeness (QED) is 0.569. The molecule has 10 heavy (non-hydrogen) atoms. The van der Waals surface area contributed by atoms with Gasteiger partial charge in [0.15, 0.2) is 0 Å². The Bertz CT molecular complexity index is 270. The molecule has 0 radical (unpaired) electrons. The Labute approximate surface area is 63.5 Å². The number of fused-ring (bicyclic) bond motifs is 1. The van der Waals surface area contributed by atoms with Gasteiger partial charge in [0.2, 0.25) is 0 Å². The number of rotatable bonds is 0. The van der Waals surface area contributed by atoms with Crippen LogP contribution in [0.25, 0.3) is 6.08 Å². The van der Waals surface area contributed by atoms with E-state index in [9.17, 15) is 0 Å². The fourth-order valence-corrected chi connectivity index (χ4v) is 1.44. The zero-order valence-corrected chi connectivity index (χ0v) is 6.06. The minimum Gasteiger partial charge on any atom is -0.331 e. The van der Waals surface area contributed by atoms with Crippen LogP contribution in [-0.2, 0) is 0 Å². The van der Waals surface area contributed by atoms with E-state index in [2.05, 4.69) is 9.71 Å². The van der Waals surface area contributed by atoms with Gasteiger partial charge in [-0.25, -0.2) is 4.98 Å². The fraction of sp³-hybridized carbons (Fsp3) is 0. The lowest BCUT2D eigenvalue weighted by molar-refractivity contribution is 1.10. The van der Waals surface area contributed by atoms with Gasteiger partial charge in [-0.3, -0.25) is 0 Å². The average molecular weight is 150 g/mol. The molecule has 1 aliphatic heterocycles. The first-order chi connectivity index (χ1) is 4.97. The minimum atomic E-state index is 1.05. The number of pyridine rings is 1. The molecule has 2 nitrogen and oxygen atoms in total. The van der Waals surface area contributed by atoms with Gasteiger partial charge in [-0.1, -0.05) is 6.07 Å². The standard InChI is InChI=1S/C7H6N2S/c1-2-6-3-5-9-10-7(6)8-4-1/h1-5,9H. The van der Waals surface area contributed by atoms with Gasteiger partial charge in [-0.15, -0.1) is 0 Å². The van der Waals surface area contributed by atoms with E-state index in [1.54, 1.807) is 18.1 Å². The van der Waals surface area contributed by atoms with Crippen molar-refractivity contribution in [2.45, 2.75) is 5.03 Å². The van der Waals surface area contributed by atoms with Gasteiger partial charge in [-0.05, 0) is 12.1 Å². The highest BCUT2D eigenvalue weighted by atomic mass is 32.2. The second-order valence-electron chi connectivity index (χ2n) is 1.95. The van der Waals surface area contributed by atoms with Gasteiger partial charge in [0.05, 0.1) is 0 Å². The summed E-state index contributed by atoms with van der Waals surface area (Å²) in [5.74, 6) is 0. The summed E-state index contributed by atoms with van der Waals surface area (Å²) >= 11 is 1.54. The van der Waals surface area contributed by atoms with Gasteiger partial charge in [0, 0.05) is 29.9 Å². The molecule has 1 N–H and O–H groups in total. The van der Waals surface area contributed by atoms with Crippen LogP contribution >= 0.6 is 11.9 Å². The third-order valence-electron chi connectivity index (χ3n) is 1.29. The largest absolute Gasteiger partial charge is 0.331 e. The Balaban J connectivity index is 2.54. The molecule has 0 unspecified atom stereocenters. The molecule has 0 atom stereocenters. The molecule has 0 saturated heterocycles. The zero-order valence-electron chi connectivity index (χ0n) is 5.24. The van der Waals surface area contributed by atoms with E-state index >= 15 is 0 Å². The van der Waals surface area contributed by atoms with E-state index in [0.717, 1.165) is 5.03 Å². The topological polar surface area (TPSA) is 24.9 Å². The molecule has 0 spiro atoms. The molecule has 1 aromatic heterocycles. The monoisotopic (exact) mass is 150 g/mol. The normalized spacial score (nSPS) is 14.0. The van der Waals surface area contributed by atoms with Crippen molar-refractivity contribution < 1.29 is 0 Å². The summed E-state index contributed by atoms with van der Waals surface area (Å²) in [6, 6.07) is 3.99. The Hall–Kier alpha value is -0.960. The van der Waals surface area contributed by atoms with E-state index in [-0.39, 0.29) is 0 Å². The van der Waals surface area contributed by atoms with Crippen LogP contribution in [0.5, 0.6) is 0 Å². The molecular formula is C7H6N2S. The van der Waals surface area contributed by atoms with Crippen molar-refractivity contribution in [3.63, 3.8) is 0 Å². The number of nitrogens with zero attached hydrogens (tertiary/aromatic N) is 1. The van der Waals surface area contributed by atoms with Crippen molar-refractivity contribution in [3.05, 3.63) is 30.1 Å². The van der Waals surface area contributed by atoms with Gasteiger partial charge >= 0.3 is 0 Å². The predicted molar refractivity (Wildman–Crippen MR) is 42.3 cm³/mol. The molecule has 2 rings (SSSR count). The Morgan fingerprint density at radius 3 is 3.40 bits per heavy atom. The lowest BCUT2D eigenvalue weighted by atomic mass is 10.3. The maximum atomic E-state index is 4.17. The Morgan fingerprint density at radius 2 is 2.50 bits per heavy atom. The van der Waals surface area contributed by atoms with Crippen LogP contribution in [0.15, 0.2) is 29.6 Å². The molecule has 1 aliphatic rings. The van der Waals surface area contributed by atoms with E-state index in [4.69, 9.17) is 0 Å². The van der Waals surface area contributed by atoms with Gasteiger partial charge in [-0.2, -0.15) is 0 Å². The molecule has 50 valence electrons. The van der Waals surface area contributed by atoms with Crippen molar-refractivity contribution >= 4 is 18.0 Å². The highest BCUT2D eigenvalue weighted by molar-refractivity contribution is 7.97. The number of hydrogen-bond donors (Lipinski definition) is 1. The highest BCUT2D eigenvalue weighted by Crippen LogP contribution is 2.21. The molecule has 0 aliphatic carbocycles. The van der Waals surface area contributed by atoms with Crippen molar-refractivity contribution in [3.8, 4) is 0 Å². The van der Waals surface area contributed by atoms with Crippen molar-refractivity contribution in [1.82, 2.24) is 9.71 Å². The van der Waals surface area contributed by atoms with E-state index in [0.29, 0.717) is 0 Å². The van der Waals surface area contributed by atoms with Crippen LogP contribution in [0.2, 0.25) is 0 Å². The molecule has 0 bridgehead atoms. The zero-order chi connectivity index (χ0) is 6.81. The first kappa shape index (κ1) is 5.80. The third kappa shape index (κ3) is 0.885. The highest BCUT2D eigenvalue weighted by Gasteiger charge is 2.02. The summed E-state index contributed by atoms with van der Waals surface area (Å²) in [4.78, 5) is 4.17. The predicted octanol–water partition coefficient (Wildman–Crippen LogP) is 1.66. The first-order valence-electron chi connectivity index (χ1n) is 3.01. The summed E-state index contributed by atoms with van der Waals surface area (Å²) in [7, 11) is 0. The van der Waals surface area contributed by atoms with Crippen molar-refractivity contribution in [2.24, 2.45) is 0 Å². The van der Waals surface area contributed by atoms with Gasteiger partial charge in [0.1, 0.15) is 5.03 Å². The summed E-state index contributed by atoms with van der Waals surface area (Å²) < 4.78 is 3.01. The second-order valence-corrected chi connectivity index (χ2v) is 2.78. The number of hydrogen-bond acceptors (Lipinski definition) is 3. The summed E-state index contributed by atoms with van der Waals surface area (Å²) in [5.41, 5.74) is 1.19. The summed E-state index contributed by atoms with van der Waals surface area (Å²) in [5, 5.41) is 1.05. The molecule has 0 fully saturated rings. The van der Waals surface area contributed by atoms with E-state index < -0.39 is 0 Å². The second kappa shape index (κ2) is 2.34. The fourth-order valence-electron chi connectivity index (χ4n) is 0.829. The van der Waals surface area contributed by atoms with Gasteiger partial charge < -0.3 is 4.72 Å². The number of nitrogens with one attached hydrogen (secondary N) is 1. The van der Waals surface area contributed by atoms with E-state index in [1.807, 2.05) is 24.4 Å². The maximum absolute atomic E-state index is 4.17. The Kier molecular flexibility index (Phi) is 1.36. The van der Waals surface area contributed by atoms with Crippen LogP contribution in [-0.4, -0.2) is 4.98 Å². The average Bonchev–Trinajstić information content (AvgIpc) is 2.05. The molecule has 0 saturated carbocycles. The van der Waals surface area contributed by atoms with Crippen LogP contribution in [0.3, 0.4) is 0 Å². The SMILES string of the molecule is C1=Cc2cccnc2SN1. The van der Waals surface area contributed by atoms with Gasteiger partial charge in [0.25, 0.3) is 0 Å². The Morgan fingerprint density at radius 1 is 1.50 bits per heavy atom. The van der Waals surface area contributed by atoms with Crippen LogP contribution in [0.4, 0.5) is 0 Å².